The summed E-state index contributed by atoms with van der Waals surface area (Å²) in [5.74, 6) is -0.804. The molecule has 0 bridgehead atoms. The number of carbonyl (C=O) groups excluding carboxylic acids is 1. The van der Waals surface area contributed by atoms with Crippen molar-refractivity contribution in [3.63, 3.8) is 0 Å². The highest BCUT2D eigenvalue weighted by Crippen LogP contribution is 2.44. The molecule has 30 heavy (non-hydrogen) atoms. The van der Waals surface area contributed by atoms with Crippen molar-refractivity contribution in [2.24, 2.45) is 0 Å². The number of nitro groups is 1. The third-order valence-corrected chi connectivity index (χ3v) is 6.18. The van der Waals surface area contributed by atoms with Crippen LogP contribution in [0.15, 0.2) is 35.1 Å². The summed E-state index contributed by atoms with van der Waals surface area (Å²) in [5, 5.41) is 22.5. The largest absolute Gasteiger partial charge is 0.458 e. The first-order chi connectivity index (χ1) is 14.3. The van der Waals surface area contributed by atoms with E-state index in [9.17, 15) is 24.8 Å². The molecule has 0 fully saturated rings. The van der Waals surface area contributed by atoms with E-state index in [4.69, 9.17) is 16.3 Å². The lowest BCUT2D eigenvalue weighted by Crippen LogP contribution is -2.44. The first-order valence-corrected chi connectivity index (χ1v) is 9.62. The average Bonchev–Trinajstić information content (AvgIpc) is 3.00. The van der Waals surface area contributed by atoms with Gasteiger partial charge in [0.2, 0.25) is 0 Å². The Bertz CT molecular complexity index is 1350. The Hall–Kier alpha value is -3.30. The highest BCUT2D eigenvalue weighted by molar-refractivity contribution is 6.22. The SMILES string of the molecule is CC[C@@]1(O)C(=O)OCc2c1cc1n(c2=O)C(Cl)c2cc3cc([N+](=O)[O-])ccc3nc2-1. The fourth-order valence-electron chi connectivity index (χ4n) is 4.10. The number of nitrogens with zero attached hydrogens (tertiary/aromatic N) is 3. The van der Waals surface area contributed by atoms with Gasteiger partial charge in [0, 0.05) is 28.6 Å². The predicted molar refractivity (Wildman–Crippen MR) is 106 cm³/mol. The number of cyclic esters (lactones) is 1. The van der Waals surface area contributed by atoms with Crippen molar-refractivity contribution < 1.29 is 19.6 Å². The van der Waals surface area contributed by atoms with Gasteiger partial charge in [-0.3, -0.25) is 19.5 Å². The van der Waals surface area contributed by atoms with E-state index in [-0.39, 0.29) is 29.8 Å². The van der Waals surface area contributed by atoms with Gasteiger partial charge in [0.25, 0.3) is 11.2 Å². The van der Waals surface area contributed by atoms with Crippen molar-refractivity contribution in [1.29, 1.82) is 0 Å². The summed E-state index contributed by atoms with van der Waals surface area (Å²) in [4.78, 5) is 40.6. The molecule has 10 heteroatoms. The highest BCUT2D eigenvalue weighted by Gasteiger charge is 2.46. The molecule has 3 aromatic rings. The van der Waals surface area contributed by atoms with Crippen LogP contribution in [0.3, 0.4) is 0 Å². The number of hydrogen-bond acceptors (Lipinski definition) is 7. The fraction of sp³-hybridized carbons (Fsp3) is 0.250. The van der Waals surface area contributed by atoms with Gasteiger partial charge in [-0.1, -0.05) is 18.5 Å². The standard InChI is InChI=1S/C20H14ClN3O6/c1-2-20(27)13-7-15-16-11(6-9-5-10(24(28)29)3-4-14(9)22-16)17(21)23(15)18(25)12(13)8-30-19(20)26/h3-7,17,27H,2,8H2,1H3/t17?,20-/m0/s1. The van der Waals surface area contributed by atoms with Crippen molar-refractivity contribution in [2.75, 3.05) is 0 Å². The average molecular weight is 428 g/mol. The molecular formula is C20H14ClN3O6. The molecule has 4 heterocycles. The van der Waals surface area contributed by atoms with E-state index >= 15 is 0 Å². The smallest absolute Gasteiger partial charge is 0.343 e. The highest BCUT2D eigenvalue weighted by atomic mass is 35.5. The van der Waals surface area contributed by atoms with Gasteiger partial charge >= 0.3 is 5.97 Å². The number of esters is 1. The molecule has 0 spiro atoms. The number of non-ortho nitro benzene ring substituents is 1. The Morgan fingerprint density at radius 2 is 2.13 bits per heavy atom. The number of halogens is 1. The van der Waals surface area contributed by atoms with Gasteiger partial charge in [0.15, 0.2) is 5.60 Å². The first kappa shape index (κ1) is 18.7. The van der Waals surface area contributed by atoms with Crippen molar-refractivity contribution in [3.8, 4) is 11.4 Å². The molecule has 0 saturated carbocycles. The van der Waals surface area contributed by atoms with Crippen molar-refractivity contribution in [3.05, 3.63) is 67.5 Å². The van der Waals surface area contributed by atoms with Crippen molar-refractivity contribution in [2.45, 2.75) is 31.1 Å². The summed E-state index contributed by atoms with van der Waals surface area (Å²) in [6, 6.07) is 7.50. The summed E-state index contributed by atoms with van der Waals surface area (Å²) in [6.07, 6.45) is 0.0354. The molecular weight excluding hydrogens is 414 g/mol. The van der Waals surface area contributed by atoms with Gasteiger partial charge in [-0.05, 0) is 24.6 Å². The number of aromatic nitrogens is 2. The van der Waals surface area contributed by atoms with Crippen LogP contribution in [0, 0.1) is 10.1 Å². The predicted octanol–water partition coefficient (Wildman–Crippen LogP) is 2.73. The lowest BCUT2D eigenvalue weighted by molar-refractivity contribution is -0.384. The van der Waals surface area contributed by atoms with Crippen LogP contribution in [-0.4, -0.2) is 25.6 Å². The van der Waals surface area contributed by atoms with Crippen LogP contribution in [0.25, 0.3) is 22.3 Å². The van der Waals surface area contributed by atoms with Gasteiger partial charge in [-0.25, -0.2) is 9.78 Å². The number of alkyl halides is 1. The quantitative estimate of drug-likeness (QED) is 0.288. The number of ether oxygens (including phenoxy) is 1. The van der Waals surface area contributed by atoms with Crippen molar-refractivity contribution in [1.82, 2.24) is 9.55 Å². The summed E-state index contributed by atoms with van der Waals surface area (Å²) >= 11 is 6.58. The lowest BCUT2D eigenvalue weighted by Gasteiger charge is -2.31. The lowest BCUT2D eigenvalue weighted by atomic mass is 9.86. The van der Waals surface area contributed by atoms with Gasteiger partial charge in [-0.15, -0.1) is 0 Å². The monoisotopic (exact) mass is 427 g/mol. The Morgan fingerprint density at radius 1 is 1.37 bits per heavy atom. The number of fused-ring (bicyclic) bond motifs is 5. The number of benzene rings is 1. The molecule has 0 radical (unpaired) electrons. The Morgan fingerprint density at radius 3 is 2.83 bits per heavy atom. The minimum Gasteiger partial charge on any atom is -0.458 e. The minimum atomic E-state index is -1.93. The number of nitro benzene ring substituents is 1. The summed E-state index contributed by atoms with van der Waals surface area (Å²) in [5.41, 5.74) is -1.22. The molecule has 2 atom stereocenters. The number of rotatable bonds is 2. The maximum absolute atomic E-state index is 13.2. The molecule has 1 unspecified atom stereocenters. The summed E-state index contributed by atoms with van der Waals surface area (Å²) < 4.78 is 6.37. The van der Waals surface area contributed by atoms with Crippen LogP contribution in [0.2, 0.25) is 0 Å². The molecule has 2 aliphatic rings. The van der Waals surface area contributed by atoms with Crippen LogP contribution in [0.4, 0.5) is 5.69 Å². The summed E-state index contributed by atoms with van der Waals surface area (Å²) in [7, 11) is 0. The Balaban J connectivity index is 1.80. The molecule has 2 aromatic heterocycles. The van der Waals surface area contributed by atoms with Crippen LogP contribution in [-0.2, 0) is 21.7 Å². The zero-order valence-electron chi connectivity index (χ0n) is 15.6. The van der Waals surface area contributed by atoms with E-state index in [0.717, 1.165) is 0 Å². The zero-order valence-corrected chi connectivity index (χ0v) is 16.3. The van der Waals surface area contributed by atoms with E-state index in [0.29, 0.717) is 27.9 Å². The Kier molecular flexibility index (Phi) is 3.80. The molecule has 152 valence electrons. The van der Waals surface area contributed by atoms with Crippen LogP contribution >= 0.6 is 11.6 Å². The van der Waals surface area contributed by atoms with Crippen LogP contribution in [0.1, 0.15) is 35.5 Å². The van der Waals surface area contributed by atoms with E-state index < -0.39 is 27.6 Å². The first-order valence-electron chi connectivity index (χ1n) is 9.18. The van der Waals surface area contributed by atoms with Crippen LogP contribution < -0.4 is 5.56 Å². The molecule has 1 aromatic carbocycles. The maximum Gasteiger partial charge on any atom is 0.343 e. The molecule has 1 N–H and O–H groups in total. The second-order valence-corrected chi connectivity index (χ2v) is 7.70. The maximum atomic E-state index is 13.2. The van der Waals surface area contributed by atoms with E-state index in [1.165, 1.54) is 22.8 Å². The Labute approximate surface area is 173 Å². The molecule has 9 nitrogen and oxygen atoms in total. The zero-order chi connectivity index (χ0) is 21.4. The normalized spacial score (nSPS) is 21.7. The fourth-order valence-corrected chi connectivity index (χ4v) is 4.46. The van der Waals surface area contributed by atoms with Gasteiger partial charge in [0.1, 0.15) is 12.1 Å². The molecule has 2 aliphatic heterocycles. The second kappa shape index (κ2) is 6.10. The van der Waals surface area contributed by atoms with Gasteiger partial charge in [-0.2, -0.15) is 0 Å². The molecule has 5 rings (SSSR count). The third-order valence-electron chi connectivity index (χ3n) is 5.75. The minimum absolute atomic E-state index is 0.0354. The molecule has 0 aliphatic carbocycles. The van der Waals surface area contributed by atoms with E-state index in [1.54, 1.807) is 19.1 Å². The van der Waals surface area contributed by atoms with Crippen molar-refractivity contribution >= 4 is 34.2 Å². The topological polar surface area (TPSA) is 125 Å². The van der Waals surface area contributed by atoms with Gasteiger partial charge in [0.05, 0.1) is 27.4 Å². The van der Waals surface area contributed by atoms with Gasteiger partial charge < -0.3 is 9.84 Å². The van der Waals surface area contributed by atoms with Crippen LogP contribution in [0.5, 0.6) is 0 Å². The number of hydrogen-bond donors (Lipinski definition) is 1. The number of pyridine rings is 2. The number of aliphatic hydroxyl groups is 1. The molecule has 0 saturated heterocycles. The van der Waals surface area contributed by atoms with E-state index in [1.807, 2.05) is 0 Å². The second-order valence-electron chi connectivity index (χ2n) is 7.28. The summed E-state index contributed by atoms with van der Waals surface area (Å²) in [6.45, 7) is 1.37. The molecule has 0 amide bonds. The number of carbonyl (C=O) groups is 1. The van der Waals surface area contributed by atoms with E-state index in [2.05, 4.69) is 4.98 Å². The third kappa shape index (κ3) is 2.30.